The molecule has 0 bridgehead atoms. The minimum atomic E-state index is -3.30. The van der Waals surface area contributed by atoms with Gasteiger partial charge in [0.15, 0.2) is 9.84 Å². The van der Waals surface area contributed by atoms with E-state index in [1.807, 2.05) is 62.4 Å². The Hall–Kier alpha value is -3.71. The Labute approximate surface area is 193 Å². The van der Waals surface area contributed by atoms with E-state index >= 15 is 0 Å². The standard InChI is InChI=1S/C26H25N3O3S/c1-18-4-8-20(9-5-18)16-29-17-24(25(28-29)21-10-6-19(2)7-11-21)26(30)27-22-12-14-23(15-13-22)33(3,31)32/h4-15,17H,16H2,1-3H3,(H,27,30). The third-order valence-electron chi connectivity index (χ3n) is 5.34. The highest BCUT2D eigenvalue weighted by Crippen LogP contribution is 2.25. The Bertz CT molecular complexity index is 1390. The third-order valence-corrected chi connectivity index (χ3v) is 6.47. The van der Waals surface area contributed by atoms with E-state index < -0.39 is 9.84 Å². The zero-order valence-corrected chi connectivity index (χ0v) is 19.6. The normalized spacial score (nSPS) is 11.4. The molecule has 0 aliphatic heterocycles. The topological polar surface area (TPSA) is 81.1 Å². The monoisotopic (exact) mass is 459 g/mol. The summed E-state index contributed by atoms with van der Waals surface area (Å²) in [6.45, 7) is 4.58. The highest BCUT2D eigenvalue weighted by Gasteiger charge is 2.19. The minimum Gasteiger partial charge on any atom is -0.322 e. The molecule has 6 nitrogen and oxygen atoms in total. The van der Waals surface area contributed by atoms with Crippen LogP contribution in [0, 0.1) is 13.8 Å². The maximum absolute atomic E-state index is 13.2. The van der Waals surface area contributed by atoms with Crippen LogP contribution in [0.3, 0.4) is 0 Å². The predicted molar refractivity (Wildman–Crippen MR) is 130 cm³/mol. The summed E-state index contributed by atoms with van der Waals surface area (Å²) in [6.07, 6.45) is 2.89. The van der Waals surface area contributed by atoms with E-state index in [9.17, 15) is 13.2 Å². The summed E-state index contributed by atoms with van der Waals surface area (Å²) in [5.74, 6) is -0.312. The van der Waals surface area contributed by atoms with E-state index in [4.69, 9.17) is 5.10 Å². The van der Waals surface area contributed by atoms with Crippen molar-refractivity contribution >= 4 is 21.4 Å². The summed E-state index contributed by atoms with van der Waals surface area (Å²) in [6, 6.07) is 22.2. The van der Waals surface area contributed by atoms with E-state index in [0.717, 1.165) is 22.9 Å². The van der Waals surface area contributed by atoms with Crippen LogP contribution in [0.1, 0.15) is 27.0 Å². The number of carbonyl (C=O) groups excluding carboxylic acids is 1. The summed E-state index contributed by atoms with van der Waals surface area (Å²) in [7, 11) is -3.30. The van der Waals surface area contributed by atoms with Crippen molar-refractivity contribution in [3.05, 3.63) is 101 Å². The molecule has 3 aromatic carbocycles. The zero-order valence-electron chi connectivity index (χ0n) is 18.7. The Morgan fingerprint density at radius 3 is 2.03 bits per heavy atom. The molecule has 168 valence electrons. The Kier molecular flexibility index (Phi) is 6.16. The largest absolute Gasteiger partial charge is 0.322 e. The quantitative estimate of drug-likeness (QED) is 0.446. The molecule has 0 atom stereocenters. The fourth-order valence-electron chi connectivity index (χ4n) is 3.46. The fourth-order valence-corrected chi connectivity index (χ4v) is 4.09. The molecule has 0 spiro atoms. The van der Waals surface area contributed by atoms with Crippen molar-refractivity contribution in [2.45, 2.75) is 25.3 Å². The molecule has 0 aliphatic carbocycles. The van der Waals surface area contributed by atoms with Gasteiger partial charge in [-0.1, -0.05) is 59.7 Å². The molecule has 1 N–H and O–H groups in total. The van der Waals surface area contributed by atoms with E-state index in [0.29, 0.717) is 23.5 Å². The van der Waals surface area contributed by atoms with Gasteiger partial charge in [0.05, 0.1) is 17.0 Å². The van der Waals surface area contributed by atoms with Crippen LogP contribution in [-0.4, -0.2) is 30.4 Å². The average molecular weight is 460 g/mol. The maximum atomic E-state index is 13.2. The van der Waals surface area contributed by atoms with Gasteiger partial charge in [-0.15, -0.1) is 0 Å². The first-order chi connectivity index (χ1) is 15.7. The molecule has 7 heteroatoms. The molecule has 33 heavy (non-hydrogen) atoms. The minimum absolute atomic E-state index is 0.201. The lowest BCUT2D eigenvalue weighted by molar-refractivity contribution is 0.102. The van der Waals surface area contributed by atoms with Crippen LogP contribution in [0.15, 0.2) is 83.9 Å². The van der Waals surface area contributed by atoms with Gasteiger partial charge in [0.1, 0.15) is 5.69 Å². The van der Waals surface area contributed by atoms with E-state index in [-0.39, 0.29) is 10.8 Å². The molecule has 0 aliphatic rings. The molecular formula is C26H25N3O3S. The smallest absolute Gasteiger partial charge is 0.259 e. The number of carbonyl (C=O) groups is 1. The molecule has 4 aromatic rings. The molecule has 1 amide bonds. The van der Waals surface area contributed by atoms with Crippen molar-refractivity contribution in [1.82, 2.24) is 9.78 Å². The summed E-state index contributed by atoms with van der Waals surface area (Å²) in [5.41, 5.74) is 5.78. The predicted octanol–water partition coefficient (Wildman–Crippen LogP) is 4.87. The first kappa shape index (κ1) is 22.5. The van der Waals surface area contributed by atoms with Crippen molar-refractivity contribution in [3.8, 4) is 11.3 Å². The van der Waals surface area contributed by atoms with Crippen molar-refractivity contribution in [1.29, 1.82) is 0 Å². The molecule has 0 saturated heterocycles. The highest BCUT2D eigenvalue weighted by molar-refractivity contribution is 7.90. The number of sulfone groups is 1. The van der Waals surface area contributed by atoms with E-state index in [1.165, 1.54) is 17.7 Å². The SMILES string of the molecule is Cc1ccc(Cn2cc(C(=O)Nc3ccc(S(C)(=O)=O)cc3)c(-c3ccc(C)cc3)n2)cc1. The number of amides is 1. The van der Waals surface area contributed by atoms with Gasteiger partial charge >= 0.3 is 0 Å². The van der Waals surface area contributed by atoms with Crippen LogP contribution in [-0.2, 0) is 16.4 Å². The average Bonchev–Trinajstić information content (AvgIpc) is 3.19. The highest BCUT2D eigenvalue weighted by atomic mass is 32.2. The van der Waals surface area contributed by atoms with Crippen molar-refractivity contribution in [2.24, 2.45) is 0 Å². The first-order valence-electron chi connectivity index (χ1n) is 10.5. The molecule has 4 rings (SSSR count). The van der Waals surface area contributed by atoms with Crippen molar-refractivity contribution in [3.63, 3.8) is 0 Å². The summed E-state index contributed by atoms with van der Waals surface area (Å²) >= 11 is 0. The molecule has 0 unspecified atom stereocenters. The number of rotatable bonds is 6. The summed E-state index contributed by atoms with van der Waals surface area (Å²) in [5, 5.41) is 7.57. The van der Waals surface area contributed by atoms with Crippen molar-refractivity contribution < 1.29 is 13.2 Å². The third kappa shape index (κ3) is 5.38. The Morgan fingerprint density at radius 2 is 1.45 bits per heavy atom. The number of hydrogen-bond donors (Lipinski definition) is 1. The Morgan fingerprint density at radius 1 is 0.879 bits per heavy atom. The van der Waals surface area contributed by atoms with Gasteiger partial charge < -0.3 is 5.32 Å². The summed E-state index contributed by atoms with van der Waals surface area (Å²) in [4.78, 5) is 13.4. The van der Waals surface area contributed by atoms with E-state index in [2.05, 4.69) is 5.32 Å². The zero-order chi connectivity index (χ0) is 23.6. The lowest BCUT2D eigenvalue weighted by Gasteiger charge is -2.07. The van der Waals surface area contributed by atoms with Gasteiger partial charge in [-0.2, -0.15) is 5.10 Å². The second kappa shape index (κ2) is 9.03. The number of aromatic nitrogens is 2. The molecule has 0 fully saturated rings. The van der Waals surface area contributed by atoms with Gasteiger partial charge in [0, 0.05) is 23.7 Å². The van der Waals surface area contributed by atoms with Crippen LogP contribution in [0.25, 0.3) is 11.3 Å². The van der Waals surface area contributed by atoms with Gasteiger partial charge in [0.2, 0.25) is 0 Å². The van der Waals surface area contributed by atoms with E-state index in [1.54, 1.807) is 23.0 Å². The molecule has 1 aromatic heterocycles. The number of benzene rings is 3. The van der Waals surface area contributed by atoms with Gasteiger partial charge in [-0.05, 0) is 43.7 Å². The van der Waals surface area contributed by atoms with Crippen LogP contribution in [0.4, 0.5) is 5.69 Å². The molecule has 0 radical (unpaired) electrons. The molecule has 1 heterocycles. The van der Waals surface area contributed by atoms with Crippen molar-refractivity contribution in [2.75, 3.05) is 11.6 Å². The number of anilines is 1. The van der Waals surface area contributed by atoms with Crippen LogP contribution >= 0.6 is 0 Å². The van der Waals surface area contributed by atoms with Gasteiger partial charge in [-0.3, -0.25) is 9.48 Å². The number of hydrogen-bond acceptors (Lipinski definition) is 4. The van der Waals surface area contributed by atoms with Crippen LogP contribution in [0.5, 0.6) is 0 Å². The number of nitrogens with one attached hydrogen (secondary N) is 1. The maximum Gasteiger partial charge on any atom is 0.259 e. The lowest BCUT2D eigenvalue weighted by Crippen LogP contribution is -2.12. The second-order valence-corrected chi connectivity index (χ2v) is 10.2. The molecular weight excluding hydrogens is 434 g/mol. The first-order valence-corrected chi connectivity index (χ1v) is 12.4. The van der Waals surface area contributed by atoms with Crippen LogP contribution in [0.2, 0.25) is 0 Å². The fraction of sp³-hybridized carbons (Fsp3) is 0.154. The summed E-state index contributed by atoms with van der Waals surface area (Å²) < 4.78 is 25.1. The lowest BCUT2D eigenvalue weighted by atomic mass is 10.1. The van der Waals surface area contributed by atoms with Gasteiger partial charge in [0.25, 0.3) is 5.91 Å². The van der Waals surface area contributed by atoms with Crippen LogP contribution < -0.4 is 5.32 Å². The second-order valence-electron chi connectivity index (χ2n) is 8.19. The van der Waals surface area contributed by atoms with Gasteiger partial charge in [-0.25, -0.2) is 8.42 Å². The Balaban J connectivity index is 1.65. The molecule has 0 saturated carbocycles. The number of nitrogens with zero attached hydrogens (tertiary/aromatic N) is 2. The number of aryl methyl sites for hydroxylation is 2.